The lowest BCUT2D eigenvalue weighted by Gasteiger charge is -2.30. The second kappa shape index (κ2) is 27.4. The number of aliphatic hydroxyl groups excluding tert-OH is 2. The molecule has 1 fully saturated rings. The second-order valence-corrected chi connectivity index (χ2v) is 21.0. The minimum Gasteiger partial charge on any atom is -0.412 e. The molecule has 29 heteroatoms. The van der Waals surface area contributed by atoms with Gasteiger partial charge in [-0.2, -0.15) is 4.31 Å². The molecular weight excluding hydrogens is 931 g/mol. The molecule has 1 aliphatic rings. The first kappa shape index (κ1) is 57.6. The van der Waals surface area contributed by atoms with E-state index in [4.69, 9.17) is 19.5 Å². The van der Waals surface area contributed by atoms with E-state index in [9.17, 15) is 57.9 Å². The highest BCUT2D eigenvalue weighted by molar-refractivity contribution is 8.13. The van der Waals surface area contributed by atoms with Crippen molar-refractivity contribution < 1.29 is 86.0 Å². The normalized spacial score (nSPS) is 20.3. The molecule has 12 N–H and O–H groups in total. The van der Waals surface area contributed by atoms with E-state index in [0.717, 1.165) is 48.2 Å². The third kappa shape index (κ3) is 20.2. The number of phosphoric ester groups is 3. The molecule has 2 aromatic rings. The van der Waals surface area contributed by atoms with Crippen LogP contribution in [0.4, 0.5) is 5.82 Å². The number of hydrogen-bond acceptors (Lipinski definition) is 18. The molecule has 0 radical (unpaired) electrons. The standard InChI is InChI=1S/C35H62N7O17P3S.H2O/c1-4-5-6-7-8-9-10-11-12-13-14-15-26(44)63-19-18-37-25(43)16-17-38-33(47)30(46)35(2,3)21-56-62(53,54)59-61(51,52)55-20-24-29(58-60(48,49)50)28(45)34(57-24)42-23-41-27-31(36)39-22-40-32(27)42;/h22-24,28-30,34,45-46H,4-21H2,1-3H3,(H,37,43)(H,38,47)(H,51,52)(H,53,54)(H2,36,39,40)(H2,48,49,50);1H2/t24-,28-,29-,30?,34-;/m1./s1. The van der Waals surface area contributed by atoms with Crippen LogP contribution >= 0.6 is 35.2 Å². The number of anilines is 1. The van der Waals surface area contributed by atoms with E-state index in [1.807, 2.05) is 0 Å². The van der Waals surface area contributed by atoms with Crippen LogP contribution in [0.1, 0.15) is 110 Å². The number of thioether (sulfide) groups is 1. The van der Waals surface area contributed by atoms with E-state index in [2.05, 4.69) is 41.3 Å². The average molecular weight is 996 g/mol. The number of phosphoric acid groups is 3. The Morgan fingerprint density at radius 3 is 2.14 bits per heavy atom. The van der Waals surface area contributed by atoms with Crippen molar-refractivity contribution in [1.29, 1.82) is 0 Å². The quantitative estimate of drug-likeness (QED) is 0.0387. The Labute approximate surface area is 375 Å². The largest absolute Gasteiger partial charge is 0.481 e. The van der Waals surface area contributed by atoms with Gasteiger partial charge in [-0.3, -0.25) is 32.5 Å². The van der Waals surface area contributed by atoms with Crippen molar-refractivity contribution in [3.05, 3.63) is 12.7 Å². The summed E-state index contributed by atoms with van der Waals surface area (Å²) < 4.78 is 62.3. The molecule has 368 valence electrons. The summed E-state index contributed by atoms with van der Waals surface area (Å²) in [5, 5.41) is 26.6. The molecule has 2 amide bonds. The number of nitrogens with two attached hydrogens (primary N) is 1. The number of nitrogens with one attached hydrogen (secondary N) is 2. The lowest BCUT2D eigenvalue weighted by Crippen LogP contribution is -2.46. The molecule has 0 saturated carbocycles. The summed E-state index contributed by atoms with van der Waals surface area (Å²) in [4.78, 5) is 88.2. The fourth-order valence-corrected chi connectivity index (χ4v) is 9.85. The Hall–Kier alpha value is -2.48. The minimum atomic E-state index is -5.57. The molecule has 0 aliphatic carbocycles. The number of unbranched alkanes of at least 4 members (excludes halogenated alkanes) is 10. The van der Waals surface area contributed by atoms with Crippen LogP contribution in [0.25, 0.3) is 11.2 Å². The predicted octanol–water partition coefficient (Wildman–Crippen LogP) is 2.54. The Kier molecular flexibility index (Phi) is 24.6. The Morgan fingerprint density at radius 1 is 0.906 bits per heavy atom. The van der Waals surface area contributed by atoms with Crippen molar-refractivity contribution >= 4 is 69.1 Å². The van der Waals surface area contributed by atoms with Crippen molar-refractivity contribution in [2.75, 3.05) is 37.8 Å². The topological polar surface area (TPSA) is 395 Å². The van der Waals surface area contributed by atoms with E-state index >= 15 is 0 Å². The number of amides is 2. The smallest absolute Gasteiger partial charge is 0.412 e. The number of hydrogen-bond donors (Lipinski definition) is 9. The van der Waals surface area contributed by atoms with Crippen molar-refractivity contribution in [2.45, 2.75) is 135 Å². The van der Waals surface area contributed by atoms with Crippen LogP contribution in [0.2, 0.25) is 0 Å². The van der Waals surface area contributed by atoms with Gasteiger partial charge in [0.25, 0.3) is 0 Å². The molecule has 1 aliphatic heterocycles. The predicted molar refractivity (Wildman–Crippen MR) is 232 cm³/mol. The zero-order chi connectivity index (χ0) is 46.8. The summed E-state index contributed by atoms with van der Waals surface area (Å²) in [5.41, 5.74) is 4.29. The molecule has 25 nitrogen and oxygen atoms in total. The van der Waals surface area contributed by atoms with Gasteiger partial charge in [0.15, 0.2) is 22.8 Å². The molecule has 7 atom stereocenters. The van der Waals surface area contributed by atoms with Gasteiger partial charge in [0.2, 0.25) is 11.8 Å². The van der Waals surface area contributed by atoms with Gasteiger partial charge in [0.05, 0.1) is 19.5 Å². The molecule has 0 spiro atoms. The van der Waals surface area contributed by atoms with Crippen molar-refractivity contribution in [3.63, 3.8) is 0 Å². The zero-order valence-electron chi connectivity index (χ0n) is 36.1. The Morgan fingerprint density at radius 2 is 1.52 bits per heavy atom. The third-order valence-corrected chi connectivity index (χ3v) is 13.8. The van der Waals surface area contributed by atoms with Crippen molar-refractivity contribution in [1.82, 2.24) is 30.2 Å². The number of rotatable bonds is 31. The van der Waals surface area contributed by atoms with Gasteiger partial charge >= 0.3 is 23.5 Å². The maximum Gasteiger partial charge on any atom is 0.481 e. The number of aromatic nitrogens is 4. The molecule has 3 heterocycles. The van der Waals surface area contributed by atoms with E-state index < -0.39 is 84.6 Å². The summed E-state index contributed by atoms with van der Waals surface area (Å²) in [6.45, 7) is 2.79. The maximum atomic E-state index is 12.7. The maximum absolute atomic E-state index is 12.7. The van der Waals surface area contributed by atoms with Gasteiger partial charge in [0.1, 0.15) is 36.3 Å². The van der Waals surface area contributed by atoms with Crippen LogP contribution in [0.5, 0.6) is 0 Å². The highest BCUT2D eigenvalue weighted by Crippen LogP contribution is 2.61. The van der Waals surface area contributed by atoms with Gasteiger partial charge in [-0.05, 0) is 6.42 Å². The van der Waals surface area contributed by atoms with Crippen molar-refractivity contribution in [3.8, 4) is 0 Å². The third-order valence-electron chi connectivity index (χ3n) is 9.75. The first-order chi connectivity index (χ1) is 29.6. The van der Waals surface area contributed by atoms with E-state index in [1.54, 1.807) is 0 Å². The zero-order valence-corrected chi connectivity index (χ0v) is 39.6. The number of carbonyl (C=O) groups excluding carboxylic acids is 3. The molecule has 3 rings (SSSR count). The van der Waals surface area contributed by atoms with Crippen LogP contribution in [0, 0.1) is 5.41 Å². The van der Waals surface area contributed by atoms with Crippen LogP contribution in [0.3, 0.4) is 0 Å². The highest BCUT2D eigenvalue weighted by Gasteiger charge is 2.50. The van der Waals surface area contributed by atoms with E-state index in [-0.39, 0.29) is 47.1 Å². The van der Waals surface area contributed by atoms with E-state index in [0.29, 0.717) is 12.2 Å². The number of nitrogens with zero attached hydrogens (tertiary/aromatic N) is 4. The second-order valence-electron chi connectivity index (χ2n) is 15.6. The molecule has 2 aromatic heterocycles. The highest BCUT2D eigenvalue weighted by atomic mass is 32.2. The fourth-order valence-electron chi connectivity index (χ4n) is 6.30. The van der Waals surface area contributed by atoms with Gasteiger partial charge < -0.3 is 56.4 Å². The monoisotopic (exact) mass is 995 g/mol. The summed E-state index contributed by atoms with van der Waals surface area (Å²) in [6.07, 6.45) is 6.75. The number of carbonyl (C=O) groups is 3. The van der Waals surface area contributed by atoms with Crippen LogP contribution < -0.4 is 16.4 Å². The minimum absolute atomic E-state index is 0. The SMILES string of the molecule is CCCCCCCCCCCCCC(=O)SCCNC(=O)CCNC(=O)C(O)C(C)(C)COP(=O)(O)OP(=O)(O)OC[C@H]1O[C@@H](n2cnc3c(N)ncnc32)[C@H](O)[C@@H]1OP(=O)(O)O.O. The number of ether oxygens (including phenoxy) is 1. The summed E-state index contributed by atoms with van der Waals surface area (Å²) in [6, 6.07) is 0. The Bertz CT molecular complexity index is 1930. The first-order valence-corrected chi connectivity index (χ1v) is 26.1. The first-order valence-electron chi connectivity index (χ1n) is 20.6. The number of nitrogen functional groups attached to an aromatic ring is 1. The van der Waals surface area contributed by atoms with Crippen LogP contribution in [-0.4, -0.2) is 128 Å². The van der Waals surface area contributed by atoms with Gasteiger partial charge in [-0.1, -0.05) is 96.7 Å². The molecule has 1 saturated heterocycles. The van der Waals surface area contributed by atoms with Crippen LogP contribution in [-0.2, 0) is 50.7 Å². The average Bonchev–Trinajstić information content (AvgIpc) is 3.76. The summed E-state index contributed by atoms with van der Waals surface area (Å²) >= 11 is 1.15. The number of aliphatic hydroxyl groups is 2. The lowest BCUT2D eigenvalue weighted by molar-refractivity contribution is -0.137. The van der Waals surface area contributed by atoms with Gasteiger partial charge in [-0.25, -0.2) is 28.6 Å². The number of imidazole rings is 1. The summed E-state index contributed by atoms with van der Waals surface area (Å²) in [5.74, 6) is -1.02. The molecule has 64 heavy (non-hydrogen) atoms. The molecule has 3 unspecified atom stereocenters. The van der Waals surface area contributed by atoms with Crippen molar-refractivity contribution in [2.24, 2.45) is 5.41 Å². The molecular formula is C35H64N7O18P3S. The lowest BCUT2D eigenvalue weighted by atomic mass is 9.87. The Balaban J connectivity index is 0.0000141. The molecule has 0 bridgehead atoms. The fraction of sp³-hybridized carbons (Fsp3) is 0.771. The van der Waals surface area contributed by atoms with Gasteiger partial charge in [-0.15, -0.1) is 0 Å². The van der Waals surface area contributed by atoms with Gasteiger partial charge in [0, 0.05) is 37.1 Å². The molecule has 0 aromatic carbocycles. The van der Waals surface area contributed by atoms with E-state index in [1.165, 1.54) is 65.2 Å². The summed E-state index contributed by atoms with van der Waals surface area (Å²) in [7, 11) is -16.4. The number of fused-ring (bicyclic) bond motifs is 1. The van der Waals surface area contributed by atoms with Crippen LogP contribution in [0.15, 0.2) is 12.7 Å².